The Balaban J connectivity index is 2.43. The van der Waals surface area contributed by atoms with Crippen molar-refractivity contribution < 1.29 is 4.79 Å². The van der Waals surface area contributed by atoms with Gasteiger partial charge >= 0.3 is 0 Å². The van der Waals surface area contributed by atoms with Crippen LogP contribution in [-0.2, 0) is 11.3 Å². The highest BCUT2D eigenvalue weighted by molar-refractivity contribution is 5.74. The second-order valence-electron chi connectivity index (χ2n) is 2.51. The van der Waals surface area contributed by atoms with Gasteiger partial charge in [-0.3, -0.25) is 14.9 Å². The van der Waals surface area contributed by atoms with Gasteiger partial charge in [0, 0.05) is 24.9 Å². The van der Waals surface area contributed by atoms with E-state index < -0.39 is 0 Å². The van der Waals surface area contributed by atoms with Crippen LogP contribution in [0.25, 0.3) is 0 Å². The summed E-state index contributed by atoms with van der Waals surface area (Å²) < 4.78 is 1.76. The van der Waals surface area contributed by atoms with Crippen LogP contribution >= 0.6 is 0 Å². The van der Waals surface area contributed by atoms with Crippen LogP contribution in [0.4, 0.5) is 0 Å². The smallest absolute Gasteiger partial charge is 0.235 e. The van der Waals surface area contributed by atoms with Crippen molar-refractivity contribution >= 4 is 5.91 Å². The number of hydrogen-bond acceptors (Lipinski definition) is 3. The molecule has 0 bridgehead atoms. The molecule has 0 aliphatic rings. The van der Waals surface area contributed by atoms with E-state index in [2.05, 4.69) is 10.5 Å². The number of carbonyl (C=O) groups is 1. The summed E-state index contributed by atoms with van der Waals surface area (Å²) in [5.74, 6) is 4.74. The molecule has 0 unspecified atom stereocenters. The van der Waals surface area contributed by atoms with Crippen molar-refractivity contribution in [1.29, 1.82) is 0 Å². The number of hydrogen-bond donors (Lipinski definition) is 2. The molecule has 3 N–H and O–H groups in total. The zero-order valence-electron chi connectivity index (χ0n) is 6.95. The summed E-state index contributed by atoms with van der Waals surface area (Å²) in [6, 6.07) is 1.89. The van der Waals surface area contributed by atoms with E-state index >= 15 is 0 Å². The van der Waals surface area contributed by atoms with Crippen LogP contribution in [0.1, 0.15) is 12.1 Å². The first kappa shape index (κ1) is 8.73. The molecule has 0 saturated carbocycles. The predicted octanol–water partition coefficient (Wildman–Crippen LogP) is -0.428. The van der Waals surface area contributed by atoms with Gasteiger partial charge in [0.1, 0.15) is 0 Å². The van der Waals surface area contributed by atoms with E-state index in [1.165, 1.54) is 0 Å². The van der Waals surface area contributed by atoms with Gasteiger partial charge in [-0.05, 0) is 13.0 Å². The highest BCUT2D eigenvalue weighted by atomic mass is 16.2. The van der Waals surface area contributed by atoms with E-state index in [9.17, 15) is 4.79 Å². The third-order valence-electron chi connectivity index (χ3n) is 1.64. The predicted molar refractivity (Wildman–Crippen MR) is 43.9 cm³/mol. The molecule has 1 aromatic rings. The second-order valence-corrected chi connectivity index (χ2v) is 2.51. The first-order chi connectivity index (χ1) is 5.74. The maximum Gasteiger partial charge on any atom is 0.235 e. The largest absolute Gasteiger partial charge is 0.294 e. The molecule has 0 spiro atoms. The van der Waals surface area contributed by atoms with Crippen molar-refractivity contribution in [1.82, 2.24) is 15.2 Å². The van der Waals surface area contributed by atoms with Crippen molar-refractivity contribution in [2.45, 2.75) is 19.9 Å². The molecule has 0 aromatic carbocycles. The highest BCUT2D eigenvalue weighted by Gasteiger charge is 2.00. The van der Waals surface area contributed by atoms with Crippen molar-refractivity contribution in [3.05, 3.63) is 18.0 Å². The molecule has 0 radical (unpaired) electrons. The van der Waals surface area contributed by atoms with E-state index in [1.54, 1.807) is 10.9 Å². The number of aromatic nitrogens is 2. The quantitative estimate of drug-likeness (QED) is 0.365. The number of hydrazine groups is 1. The topological polar surface area (TPSA) is 72.9 Å². The lowest BCUT2D eigenvalue weighted by Gasteiger charge is -2.02. The number of amides is 1. The summed E-state index contributed by atoms with van der Waals surface area (Å²) >= 11 is 0. The Bertz CT molecular complexity index is 268. The van der Waals surface area contributed by atoms with Crippen LogP contribution < -0.4 is 11.3 Å². The summed E-state index contributed by atoms with van der Waals surface area (Å²) in [7, 11) is 0. The SMILES string of the molecule is Cc1ccnn1CCC(=O)NN. The van der Waals surface area contributed by atoms with Crippen LogP contribution in [0.2, 0.25) is 0 Å². The van der Waals surface area contributed by atoms with Gasteiger partial charge in [0.2, 0.25) is 5.91 Å². The Hall–Kier alpha value is -1.36. The lowest BCUT2D eigenvalue weighted by Crippen LogP contribution is -2.30. The normalized spacial score (nSPS) is 9.83. The molecule has 0 fully saturated rings. The first-order valence-corrected chi connectivity index (χ1v) is 3.72. The van der Waals surface area contributed by atoms with Crippen molar-refractivity contribution in [3.8, 4) is 0 Å². The van der Waals surface area contributed by atoms with E-state index in [1.807, 2.05) is 13.0 Å². The number of aryl methyl sites for hydroxylation is 2. The van der Waals surface area contributed by atoms with Crippen LogP contribution in [0.3, 0.4) is 0 Å². The van der Waals surface area contributed by atoms with E-state index in [0.29, 0.717) is 13.0 Å². The average Bonchev–Trinajstić information content (AvgIpc) is 2.47. The second kappa shape index (κ2) is 3.87. The molecule has 0 aliphatic heterocycles. The molecular weight excluding hydrogens is 156 g/mol. The van der Waals surface area contributed by atoms with Gasteiger partial charge in [-0.15, -0.1) is 0 Å². The zero-order valence-corrected chi connectivity index (χ0v) is 6.95. The van der Waals surface area contributed by atoms with Crippen LogP contribution in [0, 0.1) is 6.92 Å². The summed E-state index contributed by atoms with van der Waals surface area (Å²) in [5.41, 5.74) is 3.11. The van der Waals surface area contributed by atoms with Crippen LogP contribution in [0.15, 0.2) is 12.3 Å². The van der Waals surface area contributed by atoms with Crippen molar-refractivity contribution in [3.63, 3.8) is 0 Å². The minimum absolute atomic E-state index is 0.176. The van der Waals surface area contributed by atoms with E-state index in [4.69, 9.17) is 5.84 Å². The average molecular weight is 168 g/mol. The van der Waals surface area contributed by atoms with Gasteiger partial charge in [-0.2, -0.15) is 5.10 Å². The molecule has 1 heterocycles. The molecule has 66 valence electrons. The molecule has 5 nitrogen and oxygen atoms in total. The van der Waals surface area contributed by atoms with Crippen LogP contribution in [0.5, 0.6) is 0 Å². The van der Waals surface area contributed by atoms with Gasteiger partial charge in [-0.1, -0.05) is 0 Å². The molecule has 0 saturated heterocycles. The van der Waals surface area contributed by atoms with E-state index in [0.717, 1.165) is 5.69 Å². The van der Waals surface area contributed by atoms with Gasteiger partial charge < -0.3 is 0 Å². The number of nitrogens with two attached hydrogens (primary N) is 1. The van der Waals surface area contributed by atoms with Gasteiger partial charge in [-0.25, -0.2) is 5.84 Å². The summed E-state index contributed by atoms with van der Waals surface area (Å²) in [6.45, 7) is 2.51. The summed E-state index contributed by atoms with van der Waals surface area (Å²) in [4.78, 5) is 10.7. The fourth-order valence-corrected chi connectivity index (χ4v) is 0.912. The molecule has 0 atom stereocenters. The number of nitrogens with zero attached hydrogens (tertiary/aromatic N) is 2. The molecule has 1 aromatic heterocycles. The molecule has 12 heavy (non-hydrogen) atoms. The Morgan fingerprint density at radius 1 is 1.83 bits per heavy atom. The Labute approximate surface area is 70.5 Å². The number of carbonyl (C=O) groups excluding carboxylic acids is 1. The highest BCUT2D eigenvalue weighted by Crippen LogP contribution is 1.96. The van der Waals surface area contributed by atoms with E-state index in [-0.39, 0.29) is 5.91 Å². The fourth-order valence-electron chi connectivity index (χ4n) is 0.912. The van der Waals surface area contributed by atoms with Crippen LogP contribution in [-0.4, -0.2) is 15.7 Å². The minimum Gasteiger partial charge on any atom is -0.294 e. The van der Waals surface area contributed by atoms with Gasteiger partial charge in [0.15, 0.2) is 0 Å². The van der Waals surface area contributed by atoms with Crippen molar-refractivity contribution in [2.75, 3.05) is 0 Å². The summed E-state index contributed by atoms with van der Waals surface area (Å²) in [5, 5.41) is 4.02. The standard InChI is InChI=1S/C7H12N4O/c1-6-2-4-9-11(6)5-3-7(12)10-8/h2,4H,3,5,8H2,1H3,(H,10,12). The third kappa shape index (κ3) is 2.06. The fraction of sp³-hybridized carbons (Fsp3) is 0.429. The molecule has 1 rings (SSSR count). The Morgan fingerprint density at radius 2 is 2.58 bits per heavy atom. The molecular formula is C7H12N4O. The minimum atomic E-state index is -0.176. The molecule has 0 aliphatic carbocycles. The third-order valence-corrected chi connectivity index (χ3v) is 1.64. The van der Waals surface area contributed by atoms with Gasteiger partial charge in [0.25, 0.3) is 0 Å². The lowest BCUT2D eigenvalue weighted by molar-refractivity contribution is -0.121. The Kier molecular flexibility index (Phi) is 2.82. The maximum absolute atomic E-state index is 10.7. The first-order valence-electron chi connectivity index (χ1n) is 3.72. The van der Waals surface area contributed by atoms with Gasteiger partial charge in [0.05, 0.1) is 0 Å². The molecule has 5 heteroatoms. The lowest BCUT2D eigenvalue weighted by atomic mass is 10.4. The monoisotopic (exact) mass is 168 g/mol. The van der Waals surface area contributed by atoms with Crippen molar-refractivity contribution in [2.24, 2.45) is 5.84 Å². The molecule has 1 amide bonds. The maximum atomic E-state index is 10.7. The zero-order chi connectivity index (χ0) is 8.97. The number of rotatable bonds is 3. The number of nitrogens with one attached hydrogen (secondary N) is 1. The summed E-state index contributed by atoms with van der Waals surface area (Å²) in [6.07, 6.45) is 2.06. The Morgan fingerprint density at radius 3 is 3.08 bits per heavy atom.